The van der Waals surface area contributed by atoms with Crippen molar-refractivity contribution >= 4 is 11.8 Å². The van der Waals surface area contributed by atoms with E-state index in [2.05, 4.69) is 13.8 Å². The van der Waals surface area contributed by atoms with E-state index >= 15 is 0 Å². The number of piperidine rings is 1. The first-order valence-electron chi connectivity index (χ1n) is 6.01. The fourth-order valence-electron chi connectivity index (χ4n) is 2.53. The molecule has 6 nitrogen and oxygen atoms in total. The van der Waals surface area contributed by atoms with E-state index in [4.69, 9.17) is 4.42 Å². The van der Waals surface area contributed by atoms with E-state index in [1.54, 1.807) is 4.90 Å². The SMILES string of the molecule is CC1CC(C)CN(C(=O)c2ccc([N+](=O)[O-])o2)C1. The second-order valence-corrected chi connectivity index (χ2v) is 5.05. The summed E-state index contributed by atoms with van der Waals surface area (Å²) in [6, 6.07) is 2.58. The number of amides is 1. The highest BCUT2D eigenvalue weighted by atomic mass is 16.6. The maximum atomic E-state index is 12.1. The summed E-state index contributed by atoms with van der Waals surface area (Å²) in [4.78, 5) is 23.7. The van der Waals surface area contributed by atoms with Crippen LogP contribution in [0.4, 0.5) is 5.88 Å². The van der Waals surface area contributed by atoms with Gasteiger partial charge in [-0.1, -0.05) is 13.8 Å². The predicted molar refractivity (Wildman–Crippen MR) is 64.2 cm³/mol. The van der Waals surface area contributed by atoms with Gasteiger partial charge < -0.3 is 9.32 Å². The number of carbonyl (C=O) groups is 1. The Labute approximate surface area is 105 Å². The molecule has 0 bridgehead atoms. The minimum absolute atomic E-state index is 0.0444. The van der Waals surface area contributed by atoms with Crippen LogP contribution in [0.1, 0.15) is 30.8 Å². The van der Waals surface area contributed by atoms with Gasteiger partial charge in [-0.3, -0.25) is 14.9 Å². The molecule has 0 radical (unpaired) electrons. The van der Waals surface area contributed by atoms with E-state index in [9.17, 15) is 14.9 Å². The summed E-state index contributed by atoms with van der Waals surface area (Å²) in [5.41, 5.74) is 0. The molecule has 1 amide bonds. The lowest BCUT2D eigenvalue weighted by molar-refractivity contribution is -0.402. The number of likely N-dealkylation sites (tertiary alicyclic amines) is 1. The standard InChI is InChI=1S/C12H16N2O4/c1-8-5-9(2)7-13(6-8)12(15)10-3-4-11(18-10)14(16)17/h3-4,8-9H,5-7H2,1-2H3. The first-order valence-corrected chi connectivity index (χ1v) is 6.01. The Hall–Kier alpha value is -1.85. The molecule has 1 aliphatic heterocycles. The molecule has 98 valence electrons. The Bertz CT molecular complexity index is 458. The minimum Gasteiger partial charge on any atom is -0.395 e. The van der Waals surface area contributed by atoms with Crippen LogP contribution in [0.25, 0.3) is 0 Å². The largest absolute Gasteiger partial charge is 0.433 e. The van der Waals surface area contributed by atoms with Crippen molar-refractivity contribution in [3.63, 3.8) is 0 Å². The van der Waals surface area contributed by atoms with Crippen LogP contribution < -0.4 is 0 Å². The van der Waals surface area contributed by atoms with Gasteiger partial charge in [-0.2, -0.15) is 0 Å². The summed E-state index contributed by atoms with van der Waals surface area (Å²) in [6.45, 7) is 5.55. The maximum Gasteiger partial charge on any atom is 0.433 e. The van der Waals surface area contributed by atoms with Crippen LogP contribution in [0, 0.1) is 22.0 Å². The maximum absolute atomic E-state index is 12.1. The van der Waals surface area contributed by atoms with Crippen LogP contribution in [-0.2, 0) is 0 Å². The summed E-state index contributed by atoms with van der Waals surface area (Å²) >= 11 is 0. The Morgan fingerprint density at radius 3 is 2.50 bits per heavy atom. The van der Waals surface area contributed by atoms with Crippen molar-refractivity contribution in [1.29, 1.82) is 0 Å². The first kappa shape index (κ1) is 12.6. The zero-order chi connectivity index (χ0) is 13.3. The summed E-state index contributed by atoms with van der Waals surface area (Å²) in [5.74, 6) is 0.284. The molecule has 18 heavy (non-hydrogen) atoms. The Morgan fingerprint density at radius 1 is 1.39 bits per heavy atom. The highest BCUT2D eigenvalue weighted by molar-refractivity contribution is 5.91. The molecule has 0 saturated carbocycles. The highest BCUT2D eigenvalue weighted by Gasteiger charge is 2.28. The van der Waals surface area contributed by atoms with Gasteiger partial charge in [-0.15, -0.1) is 0 Å². The van der Waals surface area contributed by atoms with Gasteiger partial charge in [0.25, 0.3) is 5.91 Å². The number of nitro groups is 1. The smallest absolute Gasteiger partial charge is 0.395 e. The van der Waals surface area contributed by atoms with Crippen LogP contribution in [0.5, 0.6) is 0 Å². The van der Waals surface area contributed by atoms with Gasteiger partial charge in [-0.05, 0) is 24.3 Å². The second-order valence-electron chi connectivity index (χ2n) is 5.05. The third-order valence-electron chi connectivity index (χ3n) is 3.14. The molecule has 6 heteroatoms. The summed E-state index contributed by atoms with van der Waals surface area (Å²) in [5, 5.41) is 10.5. The summed E-state index contributed by atoms with van der Waals surface area (Å²) < 4.78 is 4.94. The lowest BCUT2D eigenvalue weighted by Crippen LogP contribution is -2.42. The van der Waals surface area contributed by atoms with E-state index in [1.165, 1.54) is 12.1 Å². The van der Waals surface area contributed by atoms with Crippen molar-refractivity contribution in [2.45, 2.75) is 20.3 Å². The van der Waals surface area contributed by atoms with Crippen molar-refractivity contribution in [2.75, 3.05) is 13.1 Å². The molecule has 2 unspecified atom stereocenters. The fraction of sp³-hybridized carbons (Fsp3) is 0.583. The molecule has 1 aromatic heterocycles. The van der Waals surface area contributed by atoms with Gasteiger partial charge in [0.2, 0.25) is 0 Å². The molecule has 1 fully saturated rings. The number of hydrogen-bond acceptors (Lipinski definition) is 4. The van der Waals surface area contributed by atoms with Crippen LogP contribution in [-0.4, -0.2) is 28.8 Å². The number of furan rings is 1. The van der Waals surface area contributed by atoms with E-state index < -0.39 is 10.8 Å². The normalized spacial score (nSPS) is 24.0. The van der Waals surface area contributed by atoms with Crippen molar-refractivity contribution < 1.29 is 14.1 Å². The Morgan fingerprint density at radius 2 is 2.00 bits per heavy atom. The van der Waals surface area contributed by atoms with Gasteiger partial charge in [0.15, 0.2) is 5.76 Å². The number of carbonyl (C=O) groups excluding carboxylic acids is 1. The summed E-state index contributed by atoms with van der Waals surface area (Å²) in [6.07, 6.45) is 1.10. The summed E-state index contributed by atoms with van der Waals surface area (Å²) in [7, 11) is 0. The molecule has 0 N–H and O–H groups in total. The molecule has 2 heterocycles. The van der Waals surface area contributed by atoms with Gasteiger partial charge in [0.05, 0.1) is 6.07 Å². The Balaban J connectivity index is 2.12. The number of hydrogen-bond donors (Lipinski definition) is 0. The third-order valence-corrected chi connectivity index (χ3v) is 3.14. The predicted octanol–water partition coefficient (Wildman–Crippen LogP) is 2.31. The van der Waals surface area contributed by atoms with Gasteiger partial charge in [0, 0.05) is 13.1 Å². The average Bonchev–Trinajstić information content (AvgIpc) is 2.75. The average molecular weight is 252 g/mol. The van der Waals surface area contributed by atoms with Crippen molar-refractivity contribution in [1.82, 2.24) is 4.90 Å². The van der Waals surface area contributed by atoms with Gasteiger partial charge in [0.1, 0.15) is 4.92 Å². The molecule has 1 saturated heterocycles. The van der Waals surface area contributed by atoms with E-state index in [0.29, 0.717) is 24.9 Å². The number of rotatable bonds is 2. The van der Waals surface area contributed by atoms with Crippen LogP contribution in [0.15, 0.2) is 16.5 Å². The highest BCUT2D eigenvalue weighted by Crippen LogP contribution is 2.24. The van der Waals surface area contributed by atoms with Gasteiger partial charge in [-0.25, -0.2) is 0 Å². The lowest BCUT2D eigenvalue weighted by Gasteiger charge is -2.34. The minimum atomic E-state index is -0.641. The molecule has 2 atom stereocenters. The molecule has 0 spiro atoms. The quantitative estimate of drug-likeness (QED) is 0.597. The van der Waals surface area contributed by atoms with Gasteiger partial charge >= 0.3 is 5.88 Å². The van der Waals surface area contributed by atoms with Crippen LogP contribution in [0.2, 0.25) is 0 Å². The monoisotopic (exact) mass is 252 g/mol. The molecule has 0 aromatic carbocycles. The van der Waals surface area contributed by atoms with E-state index in [1.807, 2.05) is 0 Å². The van der Waals surface area contributed by atoms with Crippen molar-refractivity contribution in [3.8, 4) is 0 Å². The van der Waals surface area contributed by atoms with E-state index in [0.717, 1.165) is 6.42 Å². The van der Waals surface area contributed by atoms with E-state index in [-0.39, 0.29) is 11.7 Å². The second kappa shape index (κ2) is 4.80. The van der Waals surface area contributed by atoms with Crippen molar-refractivity contribution in [2.24, 2.45) is 11.8 Å². The molecule has 2 rings (SSSR count). The fourth-order valence-corrected chi connectivity index (χ4v) is 2.53. The molecule has 1 aliphatic rings. The zero-order valence-corrected chi connectivity index (χ0v) is 10.5. The molecular formula is C12H16N2O4. The Kier molecular flexibility index (Phi) is 3.36. The van der Waals surface area contributed by atoms with Crippen LogP contribution in [0.3, 0.4) is 0 Å². The topological polar surface area (TPSA) is 76.6 Å². The van der Waals surface area contributed by atoms with Crippen LogP contribution >= 0.6 is 0 Å². The zero-order valence-electron chi connectivity index (χ0n) is 10.5. The molecular weight excluding hydrogens is 236 g/mol. The third kappa shape index (κ3) is 2.52. The number of nitrogens with zero attached hydrogens (tertiary/aromatic N) is 2. The molecule has 1 aromatic rings. The lowest BCUT2D eigenvalue weighted by atomic mass is 9.92. The van der Waals surface area contributed by atoms with Crippen molar-refractivity contribution in [3.05, 3.63) is 28.0 Å². The first-order chi connectivity index (χ1) is 8.47. The molecule has 0 aliphatic carbocycles.